The highest BCUT2D eigenvalue weighted by atomic mass is 35.5. The number of rotatable bonds is 13. The Morgan fingerprint density at radius 3 is 2.71 bits per heavy atom. The van der Waals surface area contributed by atoms with Gasteiger partial charge in [-0.2, -0.15) is 0 Å². The zero-order valence-corrected chi connectivity index (χ0v) is 28.3. The summed E-state index contributed by atoms with van der Waals surface area (Å²) in [4.78, 5) is 15.4. The Bertz CT molecular complexity index is 1260. The topological polar surface area (TPSA) is 81.3 Å². The standard InChI is InChI=1S/C36H52ClN3O5/c1-35(2,34(41)39-22-26-13-17-43-18-14-26)21-30-10-11-31(23-38-30)44-24-27-9-12-33-32(19-27)40(15-6-16-42-4)25-36(3,45-33)28-7-5-8-29(37)20-28/h5,7-9,12,19-20,26,30-31,38H,6,10-11,13-18,21-25H2,1-4H3,(H,39,41)/t30?,31-,36?/m1/s1. The van der Waals surface area contributed by atoms with Crippen LogP contribution in [0.5, 0.6) is 5.75 Å². The van der Waals surface area contributed by atoms with Crippen LogP contribution in [0.4, 0.5) is 5.69 Å². The average Bonchev–Trinajstić information content (AvgIpc) is 3.04. The molecular weight excluding hydrogens is 590 g/mol. The van der Waals surface area contributed by atoms with Gasteiger partial charge in [0.2, 0.25) is 5.91 Å². The highest BCUT2D eigenvalue weighted by molar-refractivity contribution is 6.30. The summed E-state index contributed by atoms with van der Waals surface area (Å²) < 4.78 is 23.9. The van der Waals surface area contributed by atoms with E-state index in [4.69, 9.17) is 30.5 Å². The number of carbonyl (C=O) groups excluding carboxylic acids is 1. The molecule has 0 aliphatic carbocycles. The third-order valence-corrected chi connectivity index (χ3v) is 9.86. The first-order chi connectivity index (χ1) is 21.6. The number of carbonyl (C=O) groups is 1. The first-order valence-electron chi connectivity index (χ1n) is 16.7. The number of fused-ring (bicyclic) bond motifs is 1. The number of hydrogen-bond acceptors (Lipinski definition) is 7. The molecule has 0 aromatic heterocycles. The molecule has 248 valence electrons. The van der Waals surface area contributed by atoms with Gasteiger partial charge in [0.15, 0.2) is 0 Å². The van der Waals surface area contributed by atoms with E-state index in [2.05, 4.69) is 60.6 Å². The molecule has 3 aliphatic rings. The summed E-state index contributed by atoms with van der Waals surface area (Å²) in [6, 6.07) is 14.6. The van der Waals surface area contributed by atoms with Crippen LogP contribution in [0.3, 0.4) is 0 Å². The largest absolute Gasteiger partial charge is 0.479 e. The molecule has 3 atom stereocenters. The van der Waals surface area contributed by atoms with E-state index in [0.717, 1.165) is 93.9 Å². The van der Waals surface area contributed by atoms with Gasteiger partial charge in [-0.1, -0.05) is 43.6 Å². The second kappa shape index (κ2) is 15.5. The number of hydrogen-bond donors (Lipinski definition) is 2. The molecule has 2 unspecified atom stereocenters. The smallest absolute Gasteiger partial charge is 0.225 e. The zero-order valence-electron chi connectivity index (χ0n) is 27.5. The van der Waals surface area contributed by atoms with E-state index in [0.29, 0.717) is 36.7 Å². The molecule has 5 rings (SSSR count). The second-order valence-electron chi connectivity index (χ2n) is 13.9. The quantitative estimate of drug-likeness (QED) is 0.256. The monoisotopic (exact) mass is 641 g/mol. The Balaban J connectivity index is 1.13. The van der Waals surface area contributed by atoms with Gasteiger partial charge in [-0.25, -0.2) is 0 Å². The Labute approximate surface area is 274 Å². The van der Waals surface area contributed by atoms with Gasteiger partial charge in [-0.05, 0) is 86.8 Å². The predicted molar refractivity (Wildman–Crippen MR) is 179 cm³/mol. The Morgan fingerprint density at radius 1 is 1.16 bits per heavy atom. The van der Waals surface area contributed by atoms with Crippen molar-refractivity contribution >= 4 is 23.2 Å². The zero-order chi connectivity index (χ0) is 31.9. The van der Waals surface area contributed by atoms with Crippen molar-refractivity contribution in [1.82, 2.24) is 10.6 Å². The summed E-state index contributed by atoms with van der Waals surface area (Å²) >= 11 is 6.35. The van der Waals surface area contributed by atoms with Crippen LogP contribution < -0.4 is 20.3 Å². The Hall–Kier alpha value is -2.36. The minimum atomic E-state index is -0.520. The number of amides is 1. The molecular formula is C36H52ClN3O5. The van der Waals surface area contributed by atoms with E-state index in [1.807, 2.05) is 18.2 Å². The van der Waals surface area contributed by atoms with Crippen LogP contribution in [0.25, 0.3) is 0 Å². The molecule has 2 saturated heterocycles. The van der Waals surface area contributed by atoms with E-state index in [1.165, 1.54) is 0 Å². The summed E-state index contributed by atoms with van der Waals surface area (Å²) in [7, 11) is 1.74. The number of ether oxygens (including phenoxy) is 4. The van der Waals surface area contributed by atoms with Crippen LogP contribution in [-0.4, -0.2) is 71.2 Å². The first kappa shape index (κ1) is 34.0. The Kier molecular flexibility index (Phi) is 11.7. The summed E-state index contributed by atoms with van der Waals surface area (Å²) in [5, 5.41) is 7.59. The summed E-state index contributed by atoms with van der Waals surface area (Å²) in [5.41, 5.74) is 2.34. The van der Waals surface area contributed by atoms with E-state index < -0.39 is 11.0 Å². The fourth-order valence-electron chi connectivity index (χ4n) is 6.83. The molecule has 9 heteroatoms. The lowest BCUT2D eigenvalue weighted by Crippen LogP contribution is -2.48. The average molecular weight is 642 g/mol. The molecule has 0 saturated carbocycles. The number of nitrogens with zero attached hydrogens (tertiary/aromatic N) is 1. The highest BCUT2D eigenvalue weighted by Gasteiger charge is 2.38. The third kappa shape index (κ3) is 9.13. The predicted octanol–water partition coefficient (Wildman–Crippen LogP) is 6.09. The van der Waals surface area contributed by atoms with E-state index in [-0.39, 0.29) is 12.0 Å². The lowest BCUT2D eigenvalue weighted by molar-refractivity contribution is -0.130. The van der Waals surface area contributed by atoms with Crippen molar-refractivity contribution < 1.29 is 23.7 Å². The fraction of sp³-hybridized carbons (Fsp3) is 0.639. The summed E-state index contributed by atoms with van der Waals surface area (Å²) in [5.74, 6) is 1.54. The number of piperidine rings is 1. The first-order valence-corrected chi connectivity index (χ1v) is 17.1. The van der Waals surface area contributed by atoms with Crippen molar-refractivity contribution in [1.29, 1.82) is 0 Å². The maximum absolute atomic E-state index is 13.0. The minimum Gasteiger partial charge on any atom is -0.479 e. The van der Waals surface area contributed by atoms with Crippen LogP contribution in [0, 0.1) is 11.3 Å². The maximum Gasteiger partial charge on any atom is 0.225 e. The van der Waals surface area contributed by atoms with Gasteiger partial charge in [0, 0.05) is 63.0 Å². The molecule has 8 nitrogen and oxygen atoms in total. The minimum absolute atomic E-state index is 0.142. The molecule has 2 aromatic rings. The second-order valence-corrected chi connectivity index (χ2v) is 14.3. The molecule has 0 bridgehead atoms. The molecule has 0 spiro atoms. The van der Waals surface area contributed by atoms with Crippen LogP contribution in [-0.2, 0) is 31.2 Å². The van der Waals surface area contributed by atoms with Crippen LogP contribution >= 0.6 is 11.6 Å². The fourth-order valence-corrected chi connectivity index (χ4v) is 7.02. The van der Waals surface area contributed by atoms with Gasteiger partial charge in [0.25, 0.3) is 0 Å². The molecule has 1 amide bonds. The van der Waals surface area contributed by atoms with Gasteiger partial charge in [0.1, 0.15) is 11.4 Å². The SMILES string of the molecule is COCCCN1CC(C)(c2cccc(Cl)c2)Oc2ccc(CO[C@@H]3CCC(CC(C)(C)C(=O)NCC4CCOCC4)NC3)cc21. The summed E-state index contributed by atoms with van der Waals surface area (Å²) in [6.07, 6.45) is 5.91. The van der Waals surface area contributed by atoms with Crippen molar-refractivity contribution in [2.45, 2.75) is 83.6 Å². The van der Waals surface area contributed by atoms with Gasteiger partial charge in [-0.3, -0.25) is 4.79 Å². The van der Waals surface area contributed by atoms with Crippen LogP contribution in [0.15, 0.2) is 42.5 Å². The summed E-state index contributed by atoms with van der Waals surface area (Å²) in [6.45, 7) is 12.2. The molecule has 0 radical (unpaired) electrons. The molecule has 45 heavy (non-hydrogen) atoms. The van der Waals surface area contributed by atoms with Crippen molar-refractivity contribution in [3.05, 3.63) is 58.6 Å². The van der Waals surface area contributed by atoms with Crippen LogP contribution in [0.1, 0.15) is 70.4 Å². The van der Waals surface area contributed by atoms with E-state index >= 15 is 0 Å². The number of methoxy groups -OCH3 is 1. The normalized spacial score (nSPS) is 24.2. The van der Waals surface area contributed by atoms with E-state index in [9.17, 15) is 4.79 Å². The molecule has 2 aromatic carbocycles. The molecule has 2 fully saturated rings. The van der Waals surface area contributed by atoms with Crippen LogP contribution in [0.2, 0.25) is 5.02 Å². The van der Waals surface area contributed by atoms with Gasteiger partial charge in [0.05, 0.1) is 24.9 Å². The van der Waals surface area contributed by atoms with Gasteiger partial charge >= 0.3 is 0 Å². The Morgan fingerprint density at radius 2 is 1.98 bits per heavy atom. The van der Waals surface area contributed by atoms with Crippen molar-refractivity contribution in [2.24, 2.45) is 11.3 Å². The number of anilines is 1. The lowest BCUT2D eigenvalue weighted by atomic mass is 9.82. The number of benzene rings is 2. The van der Waals surface area contributed by atoms with E-state index in [1.54, 1.807) is 7.11 Å². The number of nitrogens with one attached hydrogen (secondary N) is 2. The molecule has 3 aliphatic heterocycles. The van der Waals surface area contributed by atoms with Gasteiger partial charge in [-0.15, -0.1) is 0 Å². The lowest BCUT2D eigenvalue weighted by Gasteiger charge is -2.43. The number of halogens is 1. The molecule has 3 heterocycles. The van der Waals surface area contributed by atoms with Gasteiger partial charge < -0.3 is 34.5 Å². The highest BCUT2D eigenvalue weighted by Crippen LogP contribution is 2.42. The maximum atomic E-state index is 13.0. The van der Waals surface area contributed by atoms with Crippen molar-refractivity contribution in [2.75, 3.05) is 58.0 Å². The van der Waals surface area contributed by atoms with Crippen molar-refractivity contribution in [3.63, 3.8) is 0 Å². The van der Waals surface area contributed by atoms with Crippen molar-refractivity contribution in [3.8, 4) is 5.75 Å². The molecule has 2 N–H and O–H groups in total. The third-order valence-electron chi connectivity index (χ3n) is 9.62.